The molecule has 0 spiro atoms. The molecule has 37 heavy (non-hydrogen) atoms. The van der Waals surface area contributed by atoms with E-state index >= 15 is 0 Å². The second-order valence-electron chi connectivity index (χ2n) is 8.62. The smallest absolute Gasteiger partial charge is 0.336 e. The Morgan fingerprint density at radius 3 is 2.41 bits per heavy atom. The van der Waals surface area contributed by atoms with Crippen LogP contribution in [0.2, 0.25) is 0 Å². The van der Waals surface area contributed by atoms with E-state index in [2.05, 4.69) is 22.3 Å². The number of nitrogens with one attached hydrogen (secondary N) is 1. The fourth-order valence-electron chi connectivity index (χ4n) is 3.66. The highest BCUT2D eigenvalue weighted by Crippen LogP contribution is 2.25. The van der Waals surface area contributed by atoms with Crippen LogP contribution in [0.15, 0.2) is 78.9 Å². The summed E-state index contributed by atoms with van der Waals surface area (Å²) in [7, 11) is 0. The number of benzene rings is 3. The van der Waals surface area contributed by atoms with Gasteiger partial charge < -0.3 is 24.6 Å². The largest absolute Gasteiger partial charge is 0.460 e. The van der Waals surface area contributed by atoms with Crippen molar-refractivity contribution >= 4 is 5.69 Å². The molecule has 4 aromatic rings. The summed E-state index contributed by atoms with van der Waals surface area (Å²) in [6.45, 7) is 6.61. The molecule has 8 nitrogen and oxygen atoms in total. The zero-order valence-corrected chi connectivity index (χ0v) is 21.3. The van der Waals surface area contributed by atoms with Crippen molar-refractivity contribution in [3.8, 4) is 23.1 Å². The molecule has 1 unspecified atom stereocenters. The number of ether oxygens (including phenoxy) is 3. The Bertz CT molecular complexity index is 1210. The number of aromatic nitrogens is 3. The van der Waals surface area contributed by atoms with Crippen LogP contribution in [0.25, 0.3) is 17.1 Å². The highest BCUT2D eigenvalue weighted by atomic mass is 16.5. The van der Waals surface area contributed by atoms with Gasteiger partial charge in [-0.2, -0.15) is 4.98 Å². The van der Waals surface area contributed by atoms with Gasteiger partial charge in [-0.1, -0.05) is 60.2 Å². The summed E-state index contributed by atoms with van der Waals surface area (Å²) in [6.07, 6.45) is -0.622. The first-order chi connectivity index (χ1) is 18.1. The molecule has 0 radical (unpaired) electrons. The first-order valence-corrected chi connectivity index (χ1v) is 12.5. The SMILES string of the molecule is CCOCCOc1nc(-c2ccc(C)cc2)n(-c2ccc(NCC(O)COCc3ccccc3)cc2)n1. The molecule has 194 valence electrons. The normalized spacial score (nSPS) is 11.9. The fraction of sp³-hybridized carbons (Fsp3) is 0.310. The lowest BCUT2D eigenvalue weighted by Crippen LogP contribution is -2.24. The van der Waals surface area contributed by atoms with Crippen LogP contribution in [0.4, 0.5) is 5.69 Å². The first-order valence-electron chi connectivity index (χ1n) is 12.5. The molecule has 0 fully saturated rings. The predicted octanol–water partition coefficient (Wildman–Crippen LogP) is 4.65. The Morgan fingerprint density at radius 2 is 1.68 bits per heavy atom. The van der Waals surface area contributed by atoms with Crippen LogP contribution in [-0.2, 0) is 16.1 Å². The van der Waals surface area contributed by atoms with E-state index in [0.717, 1.165) is 22.5 Å². The Labute approximate surface area is 217 Å². The molecule has 1 aromatic heterocycles. The molecule has 0 aliphatic heterocycles. The molecule has 4 rings (SSSR count). The monoisotopic (exact) mass is 502 g/mol. The average molecular weight is 503 g/mol. The van der Waals surface area contributed by atoms with Gasteiger partial charge in [-0.25, -0.2) is 4.68 Å². The van der Waals surface area contributed by atoms with E-state index in [1.807, 2.05) is 85.8 Å². The lowest BCUT2D eigenvalue weighted by atomic mass is 10.1. The van der Waals surface area contributed by atoms with Crippen molar-refractivity contribution in [1.82, 2.24) is 14.8 Å². The fourth-order valence-corrected chi connectivity index (χ4v) is 3.66. The highest BCUT2D eigenvalue weighted by molar-refractivity contribution is 5.60. The van der Waals surface area contributed by atoms with Crippen LogP contribution in [-0.4, -0.2) is 58.9 Å². The number of rotatable bonds is 14. The summed E-state index contributed by atoms with van der Waals surface area (Å²) in [5.41, 5.74) is 4.93. The van der Waals surface area contributed by atoms with Crippen molar-refractivity contribution in [2.24, 2.45) is 0 Å². The quantitative estimate of drug-likeness (QED) is 0.243. The summed E-state index contributed by atoms with van der Waals surface area (Å²) in [5, 5.41) is 18.1. The minimum Gasteiger partial charge on any atom is -0.460 e. The Morgan fingerprint density at radius 1 is 0.919 bits per heavy atom. The minimum absolute atomic E-state index is 0.255. The van der Waals surface area contributed by atoms with Gasteiger partial charge in [0.05, 0.1) is 31.6 Å². The van der Waals surface area contributed by atoms with E-state index < -0.39 is 6.10 Å². The molecule has 2 N–H and O–H groups in total. The molecule has 8 heteroatoms. The third kappa shape index (κ3) is 7.88. The summed E-state index contributed by atoms with van der Waals surface area (Å²) >= 11 is 0. The molecule has 0 aliphatic rings. The third-order valence-corrected chi connectivity index (χ3v) is 5.64. The van der Waals surface area contributed by atoms with Crippen LogP contribution in [0.5, 0.6) is 6.01 Å². The van der Waals surface area contributed by atoms with Gasteiger partial charge in [-0.3, -0.25) is 0 Å². The van der Waals surface area contributed by atoms with Crippen LogP contribution in [0, 0.1) is 6.92 Å². The number of hydrogen-bond donors (Lipinski definition) is 2. The third-order valence-electron chi connectivity index (χ3n) is 5.64. The van der Waals surface area contributed by atoms with Gasteiger partial charge in [0.15, 0.2) is 5.82 Å². The van der Waals surface area contributed by atoms with Crippen molar-refractivity contribution in [3.05, 3.63) is 90.0 Å². The molecule has 3 aromatic carbocycles. The van der Waals surface area contributed by atoms with Gasteiger partial charge in [-0.15, -0.1) is 5.10 Å². The van der Waals surface area contributed by atoms with E-state index in [9.17, 15) is 5.11 Å². The molecule has 0 amide bonds. The van der Waals surface area contributed by atoms with Crippen LogP contribution in [0.3, 0.4) is 0 Å². The van der Waals surface area contributed by atoms with Crippen molar-refractivity contribution < 1.29 is 19.3 Å². The van der Waals surface area contributed by atoms with E-state index in [1.54, 1.807) is 4.68 Å². The zero-order valence-electron chi connectivity index (χ0n) is 21.3. The standard InChI is InChI=1S/C29H34N4O4/c1-3-35-17-18-37-29-31-28(24-11-9-22(2)10-12-24)33(32-29)26-15-13-25(14-16-26)30-19-27(34)21-36-20-23-7-5-4-6-8-23/h4-16,27,30,34H,3,17-21H2,1-2H3. The summed E-state index contributed by atoms with van der Waals surface area (Å²) < 4.78 is 18.5. The molecule has 1 heterocycles. The lowest BCUT2D eigenvalue weighted by molar-refractivity contribution is 0.0348. The summed E-state index contributed by atoms with van der Waals surface area (Å²) in [4.78, 5) is 4.63. The van der Waals surface area contributed by atoms with Crippen LogP contribution >= 0.6 is 0 Å². The van der Waals surface area contributed by atoms with E-state index in [4.69, 9.17) is 14.2 Å². The molecule has 0 saturated carbocycles. The maximum Gasteiger partial charge on any atom is 0.336 e. The molecular formula is C29H34N4O4. The van der Waals surface area contributed by atoms with Gasteiger partial charge in [0.25, 0.3) is 0 Å². The van der Waals surface area contributed by atoms with Crippen molar-refractivity contribution in [3.63, 3.8) is 0 Å². The Kier molecular flexibility index (Phi) is 9.65. The minimum atomic E-state index is -0.622. The number of aliphatic hydroxyl groups is 1. The Hall–Kier alpha value is -3.72. The van der Waals surface area contributed by atoms with Crippen molar-refractivity contribution in [2.75, 3.05) is 38.3 Å². The number of nitrogens with zero attached hydrogens (tertiary/aromatic N) is 3. The van der Waals surface area contributed by atoms with Gasteiger partial charge in [-0.05, 0) is 43.7 Å². The van der Waals surface area contributed by atoms with Crippen molar-refractivity contribution in [1.29, 1.82) is 0 Å². The molecular weight excluding hydrogens is 468 g/mol. The number of aliphatic hydroxyl groups excluding tert-OH is 1. The average Bonchev–Trinajstić information content (AvgIpc) is 3.35. The molecule has 1 atom stereocenters. The van der Waals surface area contributed by atoms with Crippen LogP contribution in [0.1, 0.15) is 18.1 Å². The van der Waals surface area contributed by atoms with E-state index in [1.165, 1.54) is 5.56 Å². The van der Waals surface area contributed by atoms with E-state index in [-0.39, 0.29) is 6.61 Å². The predicted molar refractivity (Wildman–Crippen MR) is 144 cm³/mol. The highest BCUT2D eigenvalue weighted by Gasteiger charge is 2.15. The molecule has 0 bridgehead atoms. The Balaban J connectivity index is 1.38. The second kappa shape index (κ2) is 13.5. The second-order valence-corrected chi connectivity index (χ2v) is 8.62. The molecule has 0 saturated heterocycles. The van der Waals surface area contributed by atoms with Crippen molar-refractivity contribution in [2.45, 2.75) is 26.6 Å². The summed E-state index contributed by atoms with van der Waals surface area (Å²) in [6, 6.07) is 26.2. The lowest BCUT2D eigenvalue weighted by Gasteiger charge is -2.14. The molecule has 0 aliphatic carbocycles. The van der Waals surface area contributed by atoms with Gasteiger partial charge in [0.2, 0.25) is 0 Å². The van der Waals surface area contributed by atoms with Gasteiger partial charge in [0, 0.05) is 24.4 Å². The first kappa shape index (κ1) is 26.3. The topological polar surface area (TPSA) is 90.7 Å². The number of aryl methyl sites for hydroxylation is 1. The number of anilines is 1. The number of hydrogen-bond acceptors (Lipinski definition) is 7. The van der Waals surface area contributed by atoms with Gasteiger partial charge in [0.1, 0.15) is 6.61 Å². The summed E-state index contributed by atoms with van der Waals surface area (Å²) in [5.74, 6) is 0.693. The maximum absolute atomic E-state index is 10.3. The van der Waals surface area contributed by atoms with E-state index in [0.29, 0.717) is 44.8 Å². The van der Waals surface area contributed by atoms with Gasteiger partial charge >= 0.3 is 6.01 Å². The van der Waals surface area contributed by atoms with Crippen LogP contribution < -0.4 is 10.1 Å². The zero-order chi connectivity index (χ0) is 25.9. The maximum atomic E-state index is 10.3.